The second kappa shape index (κ2) is 7.76. The van der Waals surface area contributed by atoms with Crippen LogP contribution < -0.4 is 10.1 Å². The van der Waals surface area contributed by atoms with E-state index < -0.39 is 0 Å². The smallest absolute Gasteiger partial charge is 0.322 e. The first-order valence-electron chi connectivity index (χ1n) is 9.36. The molecule has 1 N–H and O–H groups in total. The minimum absolute atomic E-state index is 0.189. The van der Waals surface area contributed by atoms with E-state index in [9.17, 15) is 9.18 Å². The highest BCUT2D eigenvalue weighted by atomic mass is 19.1. The van der Waals surface area contributed by atoms with Gasteiger partial charge in [0.2, 0.25) is 0 Å². The third-order valence-corrected chi connectivity index (χ3v) is 4.90. The number of carbonyl (C=O) groups excluding carboxylic acids is 1. The molecular weight excluding hydrogens is 357 g/mol. The molecule has 0 radical (unpaired) electrons. The van der Waals surface area contributed by atoms with Crippen LogP contribution >= 0.6 is 0 Å². The van der Waals surface area contributed by atoms with Crippen LogP contribution in [0.1, 0.15) is 24.2 Å². The Kier molecular flexibility index (Phi) is 5.02. The van der Waals surface area contributed by atoms with E-state index in [1.807, 2.05) is 49.5 Å². The molecule has 3 aromatic rings. The molecule has 0 bridgehead atoms. The Hall–Kier alpha value is -3.28. The maximum atomic E-state index is 13.4. The van der Waals surface area contributed by atoms with Crippen LogP contribution in [0, 0.1) is 5.82 Å². The molecule has 5 nitrogen and oxygen atoms in total. The van der Waals surface area contributed by atoms with Crippen molar-refractivity contribution in [2.45, 2.75) is 19.5 Å². The minimum atomic E-state index is -0.291. The number of halogens is 1. The first kappa shape index (κ1) is 18.1. The molecule has 4 rings (SSSR count). The van der Waals surface area contributed by atoms with Gasteiger partial charge in [-0.25, -0.2) is 9.18 Å². The van der Waals surface area contributed by atoms with Crippen molar-refractivity contribution in [3.8, 4) is 5.75 Å². The van der Waals surface area contributed by atoms with E-state index in [4.69, 9.17) is 4.74 Å². The lowest BCUT2D eigenvalue weighted by Gasteiger charge is -2.37. The fraction of sp³-hybridized carbons (Fsp3) is 0.227. The van der Waals surface area contributed by atoms with Crippen LogP contribution in [0.15, 0.2) is 66.9 Å². The summed E-state index contributed by atoms with van der Waals surface area (Å²) in [6.07, 6.45) is 2.01. The summed E-state index contributed by atoms with van der Waals surface area (Å²) < 4.78 is 21.0. The van der Waals surface area contributed by atoms with Gasteiger partial charge < -0.3 is 19.5 Å². The van der Waals surface area contributed by atoms with E-state index in [2.05, 4.69) is 9.88 Å². The summed E-state index contributed by atoms with van der Waals surface area (Å²) in [6.45, 7) is 3.80. The second-order valence-corrected chi connectivity index (χ2v) is 6.66. The van der Waals surface area contributed by atoms with Crippen LogP contribution in [0.2, 0.25) is 0 Å². The lowest BCUT2D eigenvalue weighted by Crippen LogP contribution is -2.44. The number of anilines is 1. The number of nitrogens with zero attached hydrogens (tertiary/aromatic N) is 2. The fourth-order valence-electron chi connectivity index (χ4n) is 3.59. The zero-order valence-electron chi connectivity index (χ0n) is 15.6. The van der Waals surface area contributed by atoms with Crippen molar-refractivity contribution in [1.29, 1.82) is 0 Å². The summed E-state index contributed by atoms with van der Waals surface area (Å²) in [6, 6.07) is 17.2. The molecule has 2 heterocycles. The van der Waals surface area contributed by atoms with Gasteiger partial charge in [0.05, 0.1) is 12.6 Å². The lowest BCUT2D eigenvalue weighted by molar-refractivity contribution is 0.182. The fourth-order valence-corrected chi connectivity index (χ4v) is 3.59. The van der Waals surface area contributed by atoms with Gasteiger partial charge in [-0.15, -0.1) is 0 Å². The summed E-state index contributed by atoms with van der Waals surface area (Å²) >= 11 is 0. The molecule has 1 aliphatic heterocycles. The monoisotopic (exact) mass is 379 g/mol. The van der Waals surface area contributed by atoms with E-state index >= 15 is 0 Å². The van der Waals surface area contributed by atoms with Gasteiger partial charge in [0.25, 0.3) is 0 Å². The van der Waals surface area contributed by atoms with Crippen molar-refractivity contribution >= 4 is 11.7 Å². The maximum Gasteiger partial charge on any atom is 0.322 e. The number of carbonyl (C=O) groups is 1. The molecular formula is C22H22FN3O2. The van der Waals surface area contributed by atoms with E-state index in [0.29, 0.717) is 18.8 Å². The van der Waals surface area contributed by atoms with E-state index in [1.165, 1.54) is 12.1 Å². The van der Waals surface area contributed by atoms with Crippen LogP contribution in [0.3, 0.4) is 0 Å². The summed E-state index contributed by atoms with van der Waals surface area (Å²) in [5, 5.41) is 2.96. The molecule has 28 heavy (non-hydrogen) atoms. The molecule has 144 valence electrons. The van der Waals surface area contributed by atoms with Crippen molar-refractivity contribution in [3.05, 3.63) is 83.9 Å². The minimum Gasteiger partial charge on any atom is -0.494 e. The zero-order chi connectivity index (χ0) is 19.5. The van der Waals surface area contributed by atoms with E-state index in [0.717, 1.165) is 23.6 Å². The summed E-state index contributed by atoms with van der Waals surface area (Å²) in [7, 11) is 0. The molecule has 1 atom stereocenters. The SMILES string of the molecule is CCOc1ccc(NC(=O)N2CCn3cccc3C2c2ccc(F)cc2)cc1. The van der Waals surface area contributed by atoms with Crippen molar-refractivity contribution in [2.24, 2.45) is 0 Å². The molecule has 2 amide bonds. The molecule has 0 fully saturated rings. The lowest BCUT2D eigenvalue weighted by atomic mass is 10.0. The number of aromatic nitrogens is 1. The van der Waals surface area contributed by atoms with Crippen LogP contribution in [-0.4, -0.2) is 28.6 Å². The Morgan fingerprint density at radius 3 is 2.57 bits per heavy atom. The highest BCUT2D eigenvalue weighted by Crippen LogP contribution is 2.33. The van der Waals surface area contributed by atoms with E-state index in [1.54, 1.807) is 17.0 Å². The number of nitrogens with one attached hydrogen (secondary N) is 1. The van der Waals surface area contributed by atoms with Crippen LogP contribution in [0.5, 0.6) is 5.75 Å². The van der Waals surface area contributed by atoms with Gasteiger partial charge in [-0.3, -0.25) is 0 Å². The number of fused-ring (bicyclic) bond motifs is 1. The quantitative estimate of drug-likeness (QED) is 0.716. The molecule has 1 aromatic heterocycles. The predicted molar refractivity (Wildman–Crippen MR) is 106 cm³/mol. The Morgan fingerprint density at radius 1 is 1.11 bits per heavy atom. The maximum absolute atomic E-state index is 13.4. The van der Waals surface area contributed by atoms with Gasteiger partial charge in [-0.05, 0) is 61.0 Å². The van der Waals surface area contributed by atoms with E-state index in [-0.39, 0.29) is 17.9 Å². The molecule has 1 aliphatic rings. The number of ether oxygens (including phenoxy) is 1. The standard InChI is InChI=1S/C22H22FN3O2/c1-2-28-19-11-9-18(10-12-19)24-22(27)26-15-14-25-13-3-4-20(25)21(26)16-5-7-17(23)8-6-16/h3-13,21H,2,14-15H2,1H3,(H,24,27). The Labute approximate surface area is 163 Å². The van der Waals surface area contributed by atoms with Gasteiger partial charge in [-0.2, -0.15) is 0 Å². The number of hydrogen-bond donors (Lipinski definition) is 1. The first-order chi connectivity index (χ1) is 13.7. The van der Waals surface area contributed by atoms with Gasteiger partial charge in [-0.1, -0.05) is 12.1 Å². The van der Waals surface area contributed by atoms with Gasteiger partial charge in [0.1, 0.15) is 11.6 Å². The summed E-state index contributed by atoms with van der Waals surface area (Å²) in [4.78, 5) is 14.9. The van der Waals surface area contributed by atoms with Crippen molar-refractivity contribution in [2.75, 3.05) is 18.5 Å². The topological polar surface area (TPSA) is 46.5 Å². The summed E-state index contributed by atoms with van der Waals surface area (Å²) in [5.41, 5.74) is 2.59. The van der Waals surface area contributed by atoms with Crippen LogP contribution in [-0.2, 0) is 6.54 Å². The molecule has 2 aromatic carbocycles. The number of rotatable bonds is 4. The highest BCUT2D eigenvalue weighted by molar-refractivity contribution is 5.90. The first-order valence-corrected chi connectivity index (χ1v) is 9.36. The molecule has 6 heteroatoms. The zero-order valence-corrected chi connectivity index (χ0v) is 15.6. The van der Waals surface area contributed by atoms with Crippen LogP contribution in [0.4, 0.5) is 14.9 Å². The van der Waals surface area contributed by atoms with Crippen molar-refractivity contribution in [1.82, 2.24) is 9.47 Å². The van der Waals surface area contributed by atoms with Gasteiger partial charge in [0.15, 0.2) is 0 Å². The number of amides is 2. The predicted octanol–water partition coefficient (Wildman–Crippen LogP) is 4.66. The molecule has 0 saturated carbocycles. The normalized spacial score (nSPS) is 15.8. The molecule has 0 spiro atoms. The molecule has 0 saturated heterocycles. The van der Waals surface area contributed by atoms with Crippen molar-refractivity contribution in [3.63, 3.8) is 0 Å². The Balaban J connectivity index is 1.59. The molecule has 1 unspecified atom stereocenters. The third-order valence-electron chi connectivity index (χ3n) is 4.90. The third kappa shape index (κ3) is 3.58. The second-order valence-electron chi connectivity index (χ2n) is 6.66. The van der Waals surface area contributed by atoms with Gasteiger partial charge in [0, 0.05) is 30.7 Å². The van der Waals surface area contributed by atoms with Crippen LogP contribution in [0.25, 0.3) is 0 Å². The molecule has 0 aliphatic carbocycles. The Morgan fingerprint density at radius 2 is 1.86 bits per heavy atom. The number of urea groups is 1. The average molecular weight is 379 g/mol. The summed E-state index contributed by atoms with van der Waals surface area (Å²) in [5.74, 6) is 0.473. The Bertz CT molecular complexity index is 951. The average Bonchev–Trinajstić information content (AvgIpc) is 3.18. The largest absolute Gasteiger partial charge is 0.494 e. The van der Waals surface area contributed by atoms with Crippen molar-refractivity contribution < 1.29 is 13.9 Å². The van der Waals surface area contributed by atoms with Gasteiger partial charge >= 0.3 is 6.03 Å². The number of benzene rings is 2. The highest BCUT2D eigenvalue weighted by Gasteiger charge is 2.32. The number of hydrogen-bond acceptors (Lipinski definition) is 2.